The lowest BCUT2D eigenvalue weighted by molar-refractivity contribution is 0.101. The van der Waals surface area contributed by atoms with Gasteiger partial charge in [-0.15, -0.1) is 0 Å². The number of benzene rings is 2. The van der Waals surface area contributed by atoms with Gasteiger partial charge in [-0.3, -0.25) is 9.59 Å². The van der Waals surface area contributed by atoms with Gasteiger partial charge in [0, 0.05) is 16.8 Å². The third kappa shape index (κ3) is 3.12. The molecular formula is C17H17NO2. The summed E-state index contributed by atoms with van der Waals surface area (Å²) in [5.74, 6) is -0.187. The molecule has 102 valence electrons. The highest BCUT2D eigenvalue weighted by molar-refractivity contribution is 6.05. The molecule has 3 nitrogen and oxygen atoms in total. The van der Waals surface area contributed by atoms with Gasteiger partial charge in [0.25, 0.3) is 5.91 Å². The van der Waals surface area contributed by atoms with E-state index < -0.39 is 0 Å². The number of Topliss-reactive ketones (excluding diaryl/α,β-unsaturated/α-hetero) is 1. The Kier molecular flexibility index (Phi) is 3.99. The summed E-state index contributed by atoms with van der Waals surface area (Å²) in [7, 11) is 0. The highest BCUT2D eigenvalue weighted by atomic mass is 16.1. The van der Waals surface area contributed by atoms with Crippen molar-refractivity contribution < 1.29 is 9.59 Å². The zero-order chi connectivity index (χ0) is 14.7. The standard InChI is InChI=1S/C17H17NO2/c1-11-5-4-6-15(9-11)17(20)18-16-10-14(13(3)19)8-7-12(16)2/h4-10H,1-3H3,(H,18,20). The SMILES string of the molecule is CC(=O)c1ccc(C)c(NC(=O)c2cccc(C)c2)c1. The molecule has 2 rings (SSSR count). The number of nitrogens with one attached hydrogen (secondary N) is 1. The molecule has 0 aliphatic heterocycles. The predicted molar refractivity (Wildman–Crippen MR) is 80.3 cm³/mol. The maximum Gasteiger partial charge on any atom is 0.255 e. The first-order valence-electron chi connectivity index (χ1n) is 6.47. The van der Waals surface area contributed by atoms with Crippen LogP contribution in [0.3, 0.4) is 0 Å². The van der Waals surface area contributed by atoms with Gasteiger partial charge in [0.2, 0.25) is 0 Å². The average molecular weight is 267 g/mol. The maximum atomic E-state index is 12.2. The summed E-state index contributed by atoms with van der Waals surface area (Å²) in [5.41, 5.74) is 3.83. The second kappa shape index (κ2) is 5.70. The van der Waals surface area contributed by atoms with Gasteiger partial charge in [0.1, 0.15) is 0 Å². The van der Waals surface area contributed by atoms with Crippen molar-refractivity contribution in [1.82, 2.24) is 0 Å². The van der Waals surface area contributed by atoms with Gasteiger partial charge in [-0.05, 0) is 44.5 Å². The van der Waals surface area contributed by atoms with Gasteiger partial charge in [0.15, 0.2) is 5.78 Å². The van der Waals surface area contributed by atoms with E-state index in [-0.39, 0.29) is 11.7 Å². The summed E-state index contributed by atoms with van der Waals surface area (Å²) < 4.78 is 0. The van der Waals surface area contributed by atoms with E-state index in [0.29, 0.717) is 16.8 Å². The first-order valence-corrected chi connectivity index (χ1v) is 6.47. The van der Waals surface area contributed by atoms with Gasteiger partial charge < -0.3 is 5.32 Å². The topological polar surface area (TPSA) is 46.2 Å². The molecule has 2 aromatic rings. The van der Waals surface area contributed by atoms with E-state index in [1.54, 1.807) is 18.2 Å². The molecule has 0 radical (unpaired) electrons. The third-order valence-electron chi connectivity index (χ3n) is 3.17. The third-order valence-corrected chi connectivity index (χ3v) is 3.17. The molecule has 2 aromatic carbocycles. The monoisotopic (exact) mass is 267 g/mol. The van der Waals surface area contributed by atoms with Crippen LogP contribution in [-0.4, -0.2) is 11.7 Å². The average Bonchev–Trinajstić information content (AvgIpc) is 2.41. The van der Waals surface area contributed by atoms with Crippen LogP contribution >= 0.6 is 0 Å². The number of carbonyl (C=O) groups is 2. The Balaban J connectivity index is 2.27. The van der Waals surface area contributed by atoms with Crippen LogP contribution in [0.15, 0.2) is 42.5 Å². The van der Waals surface area contributed by atoms with Crippen LogP contribution < -0.4 is 5.32 Å². The molecule has 0 atom stereocenters. The lowest BCUT2D eigenvalue weighted by atomic mass is 10.1. The summed E-state index contributed by atoms with van der Waals surface area (Å²) in [5, 5.41) is 2.86. The fraction of sp³-hybridized carbons (Fsp3) is 0.176. The van der Waals surface area contributed by atoms with Crippen molar-refractivity contribution in [2.24, 2.45) is 0 Å². The molecule has 0 heterocycles. The Morgan fingerprint density at radius 1 is 0.950 bits per heavy atom. The lowest BCUT2D eigenvalue weighted by Gasteiger charge is -2.10. The van der Waals surface area contributed by atoms with E-state index in [9.17, 15) is 9.59 Å². The molecule has 0 spiro atoms. The van der Waals surface area contributed by atoms with Gasteiger partial charge in [-0.1, -0.05) is 29.8 Å². The minimum Gasteiger partial charge on any atom is -0.322 e. The van der Waals surface area contributed by atoms with E-state index in [4.69, 9.17) is 0 Å². The van der Waals surface area contributed by atoms with Crippen molar-refractivity contribution in [3.8, 4) is 0 Å². The van der Waals surface area contributed by atoms with Crippen molar-refractivity contribution in [2.75, 3.05) is 5.32 Å². The number of ketones is 1. The number of anilines is 1. The van der Waals surface area contributed by atoms with Crippen LogP contribution in [0.25, 0.3) is 0 Å². The summed E-state index contributed by atoms with van der Waals surface area (Å²) in [6.45, 7) is 5.35. The number of aryl methyl sites for hydroxylation is 2. The Hall–Kier alpha value is -2.42. The smallest absolute Gasteiger partial charge is 0.255 e. The normalized spacial score (nSPS) is 10.2. The molecule has 1 amide bonds. The van der Waals surface area contributed by atoms with Crippen LogP contribution in [0.1, 0.15) is 38.8 Å². The van der Waals surface area contributed by atoms with Crippen molar-refractivity contribution >= 4 is 17.4 Å². The zero-order valence-corrected chi connectivity index (χ0v) is 11.9. The van der Waals surface area contributed by atoms with Crippen LogP contribution in [0.5, 0.6) is 0 Å². The number of amides is 1. The van der Waals surface area contributed by atoms with E-state index >= 15 is 0 Å². The highest BCUT2D eigenvalue weighted by Crippen LogP contribution is 2.18. The van der Waals surface area contributed by atoms with Gasteiger partial charge in [0.05, 0.1) is 0 Å². The van der Waals surface area contributed by atoms with E-state index in [1.165, 1.54) is 6.92 Å². The highest BCUT2D eigenvalue weighted by Gasteiger charge is 2.09. The Labute approximate surface area is 118 Å². The first-order chi connectivity index (χ1) is 9.47. The summed E-state index contributed by atoms with van der Waals surface area (Å²) in [6.07, 6.45) is 0. The molecule has 0 aliphatic rings. The summed E-state index contributed by atoms with van der Waals surface area (Å²) in [4.78, 5) is 23.6. The van der Waals surface area contributed by atoms with Gasteiger partial charge in [-0.2, -0.15) is 0 Å². The second-order valence-corrected chi connectivity index (χ2v) is 4.91. The van der Waals surface area contributed by atoms with Crippen molar-refractivity contribution in [2.45, 2.75) is 20.8 Å². The van der Waals surface area contributed by atoms with Gasteiger partial charge in [-0.25, -0.2) is 0 Å². The van der Waals surface area contributed by atoms with Crippen LogP contribution in [0.2, 0.25) is 0 Å². The summed E-state index contributed by atoms with van der Waals surface area (Å²) >= 11 is 0. The first kappa shape index (κ1) is 14.0. The van der Waals surface area contributed by atoms with Crippen molar-refractivity contribution in [3.05, 3.63) is 64.7 Å². The van der Waals surface area contributed by atoms with Crippen LogP contribution in [0.4, 0.5) is 5.69 Å². The molecule has 0 bridgehead atoms. The minimum atomic E-state index is -0.169. The molecular weight excluding hydrogens is 250 g/mol. The Morgan fingerprint density at radius 3 is 2.35 bits per heavy atom. The molecule has 0 unspecified atom stereocenters. The zero-order valence-electron chi connectivity index (χ0n) is 11.9. The maximum absolute atomic E-state index is 12.2. The quantitative estimate of drug-likeness (QED) is 0.861. The van der Waals surface area contributed by atoms with Crippen molar-refractivity contribution in [1.29, 1.82) is 0 Å². The number of carbonyl (C=O) groups excluding carboxylic acids is 2. The van der Waals surface area contributed by atoms with E-state index in [0.717, 1.165) is 11.1 Å². The predicted octanol–water partition coefficient (Wildman–Crippen LogP) is 3.76. The fourth-order valence-corrected chi connectivity index (χ4v) is 1.96. The molecule has 0 aliphatic carbocycles. The molecule has 1 N–H and O–H groups in total. The molecule has 3 heteroatoms. The summed E-state index contributed by atoms with van der Waals surface area (Å²) in [6, 6.07) is 12.7. The number of hydrogen-bond donors (Lipinski definition) is 1. The van der Waals surface area contributed by atoms with E-state index in [2.05, 4.69) is 5.32 Å². The molecule has 0 fully saturated rings. The molecule has 0 saturated heterocycles. The fourth-order valence-electron chi connectivity index (χ4n) is 1.96. The molecule has 0 aromatic heterocycles. The second-order valence-electron chi connectivity index (χ2n) is 4.91. The van der Waals surface area contributed by atoms with Gasteiger partial charge >= 0.3 is 0 Å². The largest absolute Gasteiger partial charge is 0.322 e. The number of rotatable bonds is 3. The Morgan fingerprint density at radius 2 is 1.70 bits per heavy atom. The number of hydrogen-bond acceptors (Lipinski definition) is 2. The van der Waals surface area contributed by atoms with Crippen LogP contribution in [0, 0.1) is 13.8 Å². The van der Waals surface area contributed by atoms with Crippen molar-refractivity contribution in [3.63, 3.8) is 0 Å². The lowest BCUT2D eigenvalue weighted by Crippen LogP contribution is -2.13. The van der Waals surface area contributed by atoms with E-state index in [1.807, 2.05) is 38.1 Å². The minimum absolute atomic E-state index is 0.0175. The Bertz CT molecular complexity index is 674. The molecule has 20 heavy (non-hydrogen) atoms. The van der Waals surface area contributed by atoms with Crippen LogP contribution in [-0.2, 0) is 0 Å². The molecule has 0 saturated carbocycles.